The van der Waals surface area contributed by atoms with Crippen LogP contribution in [0, 0.1) is 0 Å². The van der Waals surface area contributed by atoms with Crippen molar-refractivity contribution in [3.63, 3.8) is 0 Å². The van der Waals surface area contributed by atoms with E-state index in [1.54, 1.807) is 6.07 Å². The van der Waals surface area contributed by atoms with Crippen LogP contribution in [-0.4, -0.2) is 37.4 Å². The Labute approximate surface area is 152 Å². The number of nitrogens with zero attached hydrogens (tertiary/aromatic N) is 1. The van der Waals surface area contributed by atoms with E-state index in [9.17, 15) is 9.59 Å². The van der Waals surface area contributed by atoms with E-state index in [1.165, 1.54) is 0 Å². The molecule has 0 bridgehead atoms. The van der Waals surface area contributed by atoms with Crippen molar-refractivity contribution < 1.29 is 9.59 Å². The Hall–Kier alpha value is -3.28. The molecule has 1 heterocycles. The van der Waals surface area contributed by atoms with Crippen LogP contribution < -0.4 is 15.5 Å². The van der Waals surface area contributed by atoms with Gasteiger partial charge < -0.3 is 20.5 Å². The number of benzene rings is 2. The van der Waals surface area contributed by atoms with Crippen LogP contribution in [0.3, 0.4) is 0 Å². The van der Waals surface area contributed by atoms with Crippen LogP contribution in [0.4, 0.5) is 11.4 Å². The largest absolute Gasteiger partial charge is 0.376 e. The van der Waals surface area contributed by atoms with Gasteiger partial charge in [0.15, 0.2) is 0 Å². The predicted octanol–water partition coefficient (Wildman–Crippen LogP) is 2.53. The number of para-hydroxylation sites is 3. The molecule has 1 aromatic heterocycles. The van der Waals surface area contributed by atoms with E-state index in [4.69, 9.17) is 0 Å². The highest BCUT2D eigenvalue weighted by Gasteiger charge is 2.15. The molecule has 2 aromatic carbocycles. The first kappa shape index (κ1) is 17.5. The first-order valence-corrected chi connectivity index (χ1v) is 8.47. The number of hydrogen-bond acceptors (Lipinski definition) is 3. The zero-order valence-electron chi connectivity index (χ0n) is 14.9. The molecule has 26 heavy (non-hydrogen) atoms. The topological polar surface area (TPSA) is 77.2 Å². The number of rotatable bonds is 5. The quantitative estimate of drug-likeness (QED) is 0.619. The molecule has 0 radical (unpaired) electrons. The van der Waals surface area contributed by atoms with Gasteiger partial charge in [-0.25, -0.2) is 0 Å². The number of hydrogen-bond donors (Lipinski definition) is 3. The Morgan fingerprint density at radius 2 is 1.73 bits per heavy atom. The highest BCUT2D eigenvalue weighted by molar-refractivity contribution is 6.39. The van der Waals surface area contributed by atoms with Gasteiger partial charge in [-0.2, -0.15) is 0 Å². The highest BCUT2D eigenvalue weighted by atomic mass is 16.2. The number of carbonyl (C=O) groups excluding carboxylic acids is 2. The molecule has 0 unspecified atom stereocenters. The summed E-state index contributed by atoms with van der Waals surface area (Å²) in [5.41, 5.74) is 3.62. The molecular formula is C20H22N4O2. The van der Waals surface area contributed by atoms with Gasteiger partial charge in [0.1, 0.15) is 0 Å². The van der Waals surface area contributed by atoms with E-state index < -0.39 is 11.8 Å². The molecule has 0 aliphatic carbocycles. The first-order chi connectivity index (χ1) is 12.6. The predicted molar refractivity (Wildman–Crippen MR) is 104 cm³/mol. The van der Waals surface area contributed by atoms with E-state index in [0.717, 1.165) is 22.2 Å². The summed E-state index contributed by atoms with van der Waals surface area (Å²) in [5, 5.41) is 6.47. The Kier molecular flexibility index (Phi) is 5.22. The molecule has 6 heteroatoms. The van der Waals surface area contributed by atoms with Crippen molar-refractivity contribution in [3.8, 4) is 0 Å². The SMILES string of the molecule is CN(C)c1ccccc1NC(=O)C(=O)NCCc1c[nH]c2ccccc12. The molecule has 0 aliphatic rings. The maximum absolute atomic E-state index is 12.1. The molecule has 3 N–H and O–H groups in total. The monoisotopic (exact) mass is 350 g/mol. The third-order valence-electron chi connectivity index (χ3n) is 4.20. The van der Waals surface area contributed by atoms with Gasteiger partial charge in [-0.05, 0) is 30.2 Å². The summed E-state index contributed by atoms with van der Waals surface area (Å²) in [4.78, 5) is 29.3. The van der Waals surface area contributed by atoms with Crippen molar-refractivity contribution in [2.24, 2.45) is 0 Å². The van der Waals surface area contributed by atoms with E-state index >= 15 is 0 Å². The Morgan fingerprint density at radius 1 is 1.00 bits per heavy atom. The minimum Gasteiger partial charge on any atom is -0.376 e. The molecule has 0 atom stereocenters. The Morgan fingerprint density at radius 3 is 2.54 bits per heavy atom. The molecule has 0 spiro atoms. The molecular weight excluding hydrogens is 328 g/mol. The van der Waals surface area contributed by atoms with Crippen LogP contribution >= 0.6 is 0 Å². The number of nitrogens with one attached hydrogen (secondary N) is 3. The lowest BCUT2D eigenvalue weighted by atomic mass is 10.1. The number of H-pyrrole nitrogens is 1. The molecule has 0 aliphatic heterocycles. The Bertz CT molecular complexity index is 930. The fourth-order valence-electron chi connectivity index (χ4n) is 2.88. The van der Waals surface area contributed by atoms with Crippen LogP contribution in [-0.2, 0) is 16.0 Å². The van der Waals surface area contributed by atoms with Crippen molar-refractivity contribution in [3.05, 3.63) is 60.3 Å². The maximum Gasteiger partial charge on any atom is 0.313 e. The Balaban J connectivity index is 1.56. The molecule has 0 fully saturated rings. The van der Waals surface area contributed by atoms with Gasteiger partial charge in [0.25, 0.3) is 0 Å². The van der Waals surface area contributed by atoms with Gasteiger partial charge >= 0.3 is 11.8 Å². The smallest absolute Gasteiger partial charge is 0.313 e. The molecule has 2 amide bonds. The van der Waals surface area contributed by atoms with Gasteiger partial charge in [-0.15, -0.1) is 0 Å². The molecule has 3 rings (SSSR count). The van der Waals surface area contributed by atoms with Gasteiger partial charge in [0.2, 0.25) is 0 Å². The van der Waals surface area contributed by atoms with Gasteiger partial charge in [-0.1, -0.05) is 30.3 Å². The summed E-state index contributed by atoms with van der Waals surface area (Å²) in [6.07, 6.45) is 2.58. The second-order valence-corrected chi connectivity index (χ2v) is 6.23. The summed E-state index contributed by atoms with van der Waals surface area (Å²) in [6.45, 7) is 0.392. The number of aromatic amines is 1. The lowest BCUT2D eigenvalue weighted by Crippen LogP contribution is -2.36. The summed E-state index contributed by atoms with van der Waals surface area (Å²) in [6, 6.07) is 15.3. The fraction of sp³-hybridized carbons (Fsp3) is 0.200. The first-order valence-electron chi connectivity index (χ1n) is 8.47. The lowest BCUT2D eigenvalue weighted by molar-refractivity contribution is -0.136. The number of carbonyl (C=O) groups is 2. The second-order valence-electron chi connectivity index (χ2n) is 6.23. The standard InChI is InChI=1S/C20H22N4O2/c1-24(2)18-10-6-5-9-17(18)23-20(26)19(25)21-12-11-14-13-22-16-8-4-3-7-15(14)16/h3-10,13,22H,11-12H2,1-2H3,(H,21,25)(H,23,26). The summed E-state index contributed by atoms with van der Waals surface area (Å²) in [5.74, 6) is -1.31. The van der Waals surface area contributed by atoms with Crippen molar-refractivity contribution in [1.29, 1.82) is 0 Å². The van der Waals surface area contributed by atoms with Gasteiger partial charge in [0, 0.05) is 37.7 Å². The normalized spacial score (nSPS) is 10.5. The lowest BCUT2D eigenvalue weighted by Gasteiger charge is -2.17. The average Bonchev–Trinajstić information content (AvgIpc) is 3.05. The van der Waals surface area contributed by atoms with Crippen molar-refractivity contribution >= 4 is 34.1 Å². The molecule has 0 saturated carbocycles. The van der Waals surface area contributed by atoms with Gasteiger partial charge in [-0.3, -0.25) is 9.59 Å². The van der Waals surface area contributed by atoms with Crippen molar-refractivity contribution in [1.82, 2.24) is 10.3 Å². The van der Waals surface area contributed by atoms with Crippen LogP contribution in [0.25, 0.3) is 10.9 Å². The zero-order valence-corrected chi connectivity index (χ0v) is 14.9. The fourth-order valence-corrected chi connectivity index (χ4v) is 2.88. The second kappa shape index (κ2) is 7.74. The zero-order chi connectivity index (χ0) is 18.5. The molecule has 134 valence electrons. The third-order valence-corrected chi connectivity index (χ3v) is 4.20. The van der Waals surface area contributed by atoms with Gasteiger partial charge in [0.05, 0.1) is 11.4 Å². The number of anilines is 2. The van der Waals surface area contributed by atoms with Crippen molar-refractivity contribution in [2.75, 3.05) is 30.9 Å². The van der Waals surface area contributed by atoms with Crippen LogP contribution in [0.5, 0.6) is 0 Å². The molecule has 0 saturated heterocycles. The van der Waals surface area contributed by atoms with E-state index in [1.807, 2.05) is 67.7 Å². The summed E-state index contributed by atoms with van der Waals surface area (Å²) < 4.78 is 0. The number of fused-ring (bicyclic) bond motifs is 1. The molecule has 3 aromatic rings. The van der Waals surface area contributed by atoms with E-state index in [0.29, 0.717) is 18.7 Å². The summed E-state index contributed by atoms with van der Waals surface area (Å²) >= 11 is 0. The summed E-state index contributed by atoms with van der Waals surface area (Å²) in [7, 11) is 3.76. The van der Waals surface area contributed by atoms with Crippen LogP contribution in [0.1, 0.15) is 5.56 Å². The highest BCUT2D eigenvalue weighted by Crippen LogP contribution is 2.23. The minimum atomic E-state index is -0.668. The average molecular weight is 350 g/mol. The van der Waals surface area contributed by atoms with Crippen LogP contribution in [0.15, 0.2) is 54.7 Å². The van der Waals surface area contributed by atoms with Crippen molar-refractivity contribution in [2.45, 2.75) is 6.42 Å². The molecule has 6 nitrogen and oxygen atoms in total. The van der Waals surface area contributed by atoms with Crippen LogP contribution in [0.2, 0.25) is 0 Å². The van der Waals surface area contributed by atoms with E-state index in [-0.39, 0.29) is 0 Å². The minimum absolute atomic E-state index is 0.392. The number of amides is 2. The van der Waals surface area contributed by atoms with E-state index in [2.05, 4.69) is 15.6 Å². The number of aromatic nitrogens is 1. The third kappa shape index (κ3) is 3.85. The maximum atomic E-state index is 12.1.